The van der Waals surface area contributed by atoms with Crippen LogP contribution >= 0.6 is 15.9 Å². The van der Waals surface area contributed by atoms with E-state index in [4.69, 9.17) is 18.8 Å². The van der Waals surface area contributed by atoms with Gasteiger partial charge in [-0.15, -0.1) is 0 Å². The van der Waals surface area contributed by atoms with Crippen molar-refractivity contribution in [2.24, 2.45) is 25.9 Å². The van der Waals surface area contributed by atoms with Gasteiger partial charge in [-0.05, 0) is 92.8 Å². The summed E-state index contributed by atoms with van der Waals surface area (Å²) in [5.74, 6) is 1.67. The fourth-order valence-corrected chi connectivity index (χ4v) is 8.34. The number of carbonyl (C=O) groups is 2. The first-order valence-electron chi connectivity index (χ1n) is 22.7. The van der Waals surface area contributed by atoms with Crippen molar-refractivity contribution < 1.29 is 54.7 Å². The second-order valence-electron chi connectivity index (χ2n) is 18.9. The number of hydrogen-bond donors (Lipinski definition) is 2. The molecule has 4 aromatic heterocycles. The number of aromatic nitrogens is 8. The molecule has 0 aliphatic carbocycles. The normalized spacial score (nSPS) is 19.6. The summed E-state index contributed by atoms with van der Waals surface area (Å²) in [5.41, 5.74) is 3.02. The molecule has 0 radical (unpaired) electrons. The van der Waals surface area contributed by atoms with Crippen LogP contribution in [0, 0.1) is 11.8 Å². The highest BCUT2D eigenvalue weighted by Crippen LogP contribution is 2.38. The molecule has 3 saturated heterocycles. The molecule has 3 aliphatic heterocycles. The Morgan fingerprint density at radius 3 is 1.64 bits per heavy atom. The SMILES string of the molecule is C[C@@H](Oc1cc(-c2cnn(CCC(F)(F)F)c2)cc2nn(C)cc12)[C@H]1CNC(=O)C1.C[C@@H](Oc1cc(B2OC(C)(C)C(C)(C)O2)cc2nn(C)cc12)[C@H]1CNC(=O)C1.FC(F)(F)CCn1cc(Br)cn1. The zero-order valence-electron chi connectivity index (χ0n) is 40.0. The number of alkyl halides is 6. The van der Waals surface area contributed by atoms with E-state index in [0.29, 0.717) is 47.2 Å². The minimum absolute atomic E-state index is 0.0157. The lowest BCUT2D eigenvalue weighted by Gasteiger charge is -2.32. The van der Waals surface area contributed by atoms with Gasteiger partial charge in [0.2, 0.25) is 11.8 Å². The molecule has 0 bridgehead atoms. The van der Waals surface area contributed by atoms with E-state index in [1.807, 2.05) is 92.3 Å². The third-order valence-electron chi connectivity index (χ3n) is 12.7. The molecule has 6 aromatic rings. The van der Waals surface area contributed by atoms with Gasteiger partial charge in [-0.3, -0.25) is 28.3 Å². The van der Waals surface area contributed by atoms with Crippen LogP contribution in [0.4, 0.5) is 26.3 Å². The predicted octanol–water partition coefficient (Wildman–Crippen LogP) is 7.67. The number of rotatable bonds is 12. The van der Waals surface area contributed by atoms with Crippen LogP contribution in [0.15, 0.2) is 65.9 Å². The Kier molecular flexibility index (Phi) is 15.4. The summed E-state index contributed by atoms with van der Waals surface area (Å²) < 4.78 is 104. The van der Waals surface area contributed by atoms with Gasteiger partial charge in [0.05, 0.1) is 62.7 Å². The third kappa shape index (κ3) is 13.2. The molecule has 3 fully saturated rings. The lowest BCUT2D eigenvalue weighted by atomic mass is 9.78. The number of ether oxygens (including phenoxy) is 2. The summed E-state index contributed by atoms with van der Waals surface area (Å²) in [4.78, 5) is 23.1. The molecule has 4 atom stereocenters. The monoisotopic (exact) mass is 1050 g/mol. The molecule has 0 saturated carbocycles. The van der Waals surface area contributed by atoms with E-state index >= 15 is 0 Å². The second kappa shape index (κ2) is 20.6. The Balaban J connectivity index is 0.000000168. The van der Waals surface area contributed by atoms with Crippen LogP contribution < -0.4 is 25.6 Å². The standard InChI is InChI=1S/C20H28BN3O4.C20H22F3N5O2.C6H6BrF3N2/c1-12(13-7-18(25)22-10-13)26-17-9-14(8-16-15(17)11-24(6)23-16)21-27-19(2,3)20(4,5)28-21;1-12(14-7-19(29)24-8-14)30-18-6-13(5-17-16(18)11-27(2)26-17)15-9-25-28(10-15)4-3-20(21,22)23;7-5-3-11-12(4-5)2-1-6(8,9)10/h8-9,11-13H,7,10H2,1-6H3,(H,22,25);5-6,9-12,14H,3-4,7-8H2,1-2H3,(H,24,29);3-4H,1-2H2/t12-,13-;12-,14-;/m11./s1. The summed E-state index contributed by atoms with van der Waals surface area (Å²) in [5, 5.41) is 24.2. The second-order valence-corrected chi connectivity index (χ2v) is 19.8. The average molecular weight is 1050 g/mol. The number of halogens is 7. The van der Waals surface area contributed by atoms with E-state index in [1.165, 1.54) is 28.0 Å². The maximum Gasteiger partial charge on any atom is 0.495 e. The van der Waals surface area contributed by atoms with Gasteiger partial charge in [0.15, 0.2) is 0 Å². The van der Waals surface area contributed by atoms with Gasteiger partial charge in [-0.1, -0.05) is 0 Å². The molecule has 70 heavy (non-hydrogen) atoms. The van der Waals surface area contributed by atoms with Crippen molar-refractivity contribution in [3.8, 4) is 22.6 Å². The van der Waals surface area contributed by atoms with Crippen LogP contribution in [0.25, 0.3) is 32.9 Å². The number of nitrogens with one attached hydrogen (secondary N) is 2. The molecule has 7 heterocycles. The van der Waals surface area contributed by atoms with E-state index in [-0.39, 0.29) is 48.9 Å². The van der Waals surface area contributed by atoms with Crippen molar-refractivity contribution in [2.45, 2.75) is 116 Å². The Morgan fingerprint density at radius 1 is 0.714 bits per heavy atom. The highest BCUT2D eigenvalue weighted by Gasteiger charge is 2.52. The molecular weight excluding hydrogens is 993 g/mol. The Morgan fingerprint density at radius 2 is 1.19 bits per heavy atom. The van der Waals surface area contributed by atoms with Crippen LogP contribution in [0.5, 0.6) is 11.5 Å². The number of nitrogens with zero attached hydrogens (tertiary/aromatic N) is 8. The number of amides is 2. The van der Waals surface area contributed by atoms with E-state index in [9.17, 15) is 35.9 Å². The van der Waals surface area contributed by atoms with Gasteiger partial charge < -0.3 is 29.4 Å². The van der Waals surface area contributed by atoms with Crippen LogP contribution in [0.3, 0.4) is 0 Å². The highest BCUT2D eigenvalue weighted by molar-refractivity contribution is 9.10. The van der Waals surface area contributed by atoms with Crippen molar-refractivity contribution in [2.75, 3.05) is 13.1 Å². The summed E-state index contributed by atoms with van der Waals surface area (Å²) >= 11 is 3.09. The lowest BCUT2D eigenvalue weighted by Crippen LogP contribution is -2.41. The van der Waals surface area contributed by atoms with Crippen molar-refractivity contribution in [3.63, 3.8) is 0 Å². The first-order valence-corrected chi connectivity index (χ1v) is 23.5. The molecule has 0 spiro atoms. The predicted molar refractivity (Wildman–Crippen MR) is 252 cm³/mol. The molecule has 9 rings (SSSR count). The molecule has 24 heteroatoms. The van der Waals surface area contributed by atoms with Crippen LogP contribution in [-0.2, 0) is 46.1 Å². The van der Waals surface area contributed by atoms with E-state index in [2.05, 4.69) is 47.0 Å². The molecule has 2 amide bonds. The van der Waals surface area contributed by atoms with Gasteiger partial charge >= 0.3 is 19.5 Å². The molecular formula is C46H56BBrF6N10O6. The maximum absolute atomic E-state index is 12.5. The van der Waals surface area contributed by atoms with Gasteiger partial charge in [0.1, 0.15) is 23.7 Å². The van der Waals surface area contributed by atoms with Crippen molar-refractivity contribution in [3.05, 3.63) is 65.9 Å². The topological polar surface area (TPSA) is 166 Å². The van der Waals surface area contributed by atoms with Crippen molar-refractivity contribution in [1.82, 2.24) is 49.8 Å². The average Bonchev–Trinajstić information content (AvgIpc) is 4.13. The fourth-order valence-electron chi connectivity index (χ4n) is 8.01. The van der Waals surface area contributed by atoms with E-state index in [0.717, 1.165) is 33.1 Å². The van der Waals surface area contributed by atoms with Crippen molar-refractivity contribution in [1.29, 1.82) is 0 Å². The largest absolute Gasteiger partial charge is 0.495 e. The van der Waals surface area contributed by atoms with Crippen molar-refractivity contribution >= 4 is 62.1 Å². The van der Waals surface area contributed by atoms with E-state index < -0.39 is 43.5 Å². The van der Waals surface area contributed by atoms with Gasteiger partial charge in [0, 0.05) is 95.3 Å². The molecule has 0 unspecified atom stereocenters. The summed E-state index contributed by atoms with van der Waals surface area (Å²) in [7, 11) is 3.21. The smallest absolute Gasteiger partial charge is 0.490 e. The lowest BCUT2D eigenvalue weighted by molar-refractivity contribution is -0.138. The summed E-state index contributed by atoms with van der Waals surface area (Å²) in [6.45, 7) is 12.9. The number of aryl methyl sites for hydroxylation is 4. The zero-order valence-corrected chi connectivity index (χ0v) is 41.6. The minimum atomic E-state index is -4.23. The first kappa shape index (κ1) is 52.2. The molecule has 3 aliphatic rings. The molecule has 2 N–H and O–H groups in total. The van der Waals surface area contributed by atoms with Crippen LogP contribution in [0.1, 0.15) is 67.2 Å². The quantitative estimate of drug-likeness (QED) is 0.0918. The van der Waals surface area contributed by atoms with E-state index in [1.54, 1.807) is 15.6 Å². The first-order chi connectivity index (χ1) is 32.7. The number of carbonyl (C=O) groups excluding carboxylic acids is 2. The Labute approximate surface area is 409 Å². The Hall–Kier alpha value is -5.62. The van der Waals surface area contributed by atoms with Crippen LogP contribution in [-0.4, -0.2) is 107 Å². The Bertz CT molecular complexity index is 2790. The third-order valence-corrected chi connectivity index (χ3v) is 13.1. The highest BCUT2D eigenvalue weighted by atomic mass is 79.9. The molecule has 16 nitrogen and oxygen atoms in total. The molecule has 2 aromatic carbocycles. The van der Waals surface area contributed by atoms with Gasteiger partial charge in [-0.2, -0.15) is 46.7 Å². The summed E-state index contributed by atoms with van der Waals surface area (Å²) in [6, 6.07) is 7.68. The number of fused-ring (bicyclic) bond motifs is 2. The zero-order chi connectivity index (χ0) is 50.9. The number of hydrogen-bond acceptors (Lipinski definition) is 10. The minimum Gasteiger partial charge on any atom is -0.490 e. The molecule has 378 valence electrons. The summed E-state index contributed by atoms with van der Waals surface area (Å²) in [6.07, 6.45) is 0.373. The van der Waals surface area contributed by atoms with Gasteiger partial charge in [-0.25, -0.2) is 0 Å². The van der Waals surface area contributed by atoms with Crippen LogP contribution in [0.2, 0.25) is 0 Å². The maximum atomic E-state index is 12.5. The van der Waals surface area contributed by atoms with Gasteiger partial charge in [0.25, 0.3) is 0 Å². The number of benzene rings is 2. The fraction of sp³-hybridized carbons (Fsp3) is 0.522.